The van der Waals surface area contributed by atoms with Crippen LogP contribution in [0.2, 0.25) is 0 Å². The fourth-order valence-electron chi connectivity index (χ4n) is 10.3. The van der Waals surface area contributed by atoms with Gasteiger partial charge in [-0.25, -0.2) is 0 Å². The SMILES string of the molecule is c1ccc(-c2ccc(N(c3ccc4c(ccc5ccccc54)c3)c3cccc4c3-c3ccccc3C43c4ccccc4-c4ccccc4-c4ccccc43)cc2)cc1. The first-order chi connectivity index (χ1) is 28.8. The van der Waals surface area contributed by atoms with Gasteiger partial charge in [-0.05, 0) is 113 Å². The molecular weight excluding hydrogens is 699 g/mol. The first kappa shape index (κ1) is 32.7. The minimum absolute atomic E-state index is 0.556. The van der Waals surface area contributed by atoms with Crippen molar-refractivity contribution in [3.8, 4) is 44.5 Å². The molecule has 0 radical (unpaired) electrons. The normalized spacial score (nSPS) is 13.0. The average Bonchev–Trinajstić information content (AvgIpc) is 3.55. The number of hydrogen-bond donors (Lipinski definition) is 0. The predicted molar refractivity (Wildman–Crippen MR) is 243 cm³/mol. The predicted octanol–water partition coefficient (Wildman–Crippen LogP) is 15.1. The lowest BCUT2D eigenvalue weighted by Gasteiger charge is -2.35. The maximum Gasteiger partial charge on any atom is 0.0726 e. The van der Waals surface area contributed by atoms with Gasteiger partial charge in [-0.1, -0.05) is 194 Å². The first-order valence-electron chi connectivity index (χ1n) is 20.2. The van der Waals surface area contributed by atoms with E-state index < -0.39 is 5.41 Å². The minimum atomic E-state index is -0.556. The Labute approximate surface area is 338 Å². The second-order valence-electron chi connectivity index (χ2n) is 15.6. The van der Waals surface area contributed by atoms with Crippen molar-refractivity contribution >= 4 is 38.6 Å². The molecule has 0 N–H and O–H groups in total. The number of hydrogen-bond acceptors (Lipinski definition) is 1. The van der Waals surface area contributed by atoms with Crippen molar-refractivity contribution < 1.29 is 0 Å². The van der Waals surface area contributed by atoms with Gasteiger partial charge in [0.2, 0.25) is 0 Å². The Balaban J connectivity index is 1.16. The lowest BCUT2D eigenvalue weighted by molar-refractivity contribution is 0.775. The molecule has 0 aliphatic heterocycles. The Hall–Kier alpha value is -7.48. The molecule has 10 aromatic carbocycles. The van der Waals surface area contributed by atoms with Crippen LogP contribution in [-0.4, -0.2) is 0 Å². The summed E-state index contributed by atoms with van der Waals surface area (Å²) < 4.78 is 0. The van der Waals surface area contributed by atoms with Crippen molar-refractivity contribution in [2.24, 2.45) is 0 Å². The minimum Gasteiger partial charge on any atom is -0.310 e. The molecule has 1 spiro atoms. The molecule has 0 fully saturated rings. The number of nitrogens with zero attached hydrogens (tertiary/aromatic N) is 1. The Morgan fingerprint density at radius 1 is 0.293 bits per heavy atom. The van der Waals surface area contributed by atoms with Crippen LogP contribution in [0.15, 0.2) is 224 Å². The quantitative estimate of drug-likeness (QED) is 0.163. The molecule has 12 rings (SSSR count). The summed E-state index contributed by atoms with van der Waals surface area (Å²) in [5.74, 6) is 0. The third-order valence-corrected chi connectivity index (χ3v) is 12.7. The summed E-state index contributed by atoms with van der Waals surface area (Å²) in [4.78, 5) is 2.49. The summed E-state index contributed by atoms with van der Waals surface area (Å²) in [6.45, 7) is 0. The molecule has 0 bridgehead atoms. The highest BCUT2D eigenvalue weighted by Crippen LogP contribution is 2.63. The number of rotatable bonds is 4. The van der Waals surface area contributed by atoms with Crippen molar-refractivity contribution in [3.05, 3.63) is 247 Å². The van der Waals surface area contributed by atoms with E-state index in [1.807, 2.05) is 0 Å². The first-order valence-corrected chi connectivity index (χ1v) is 20.2. The molecule has 2 aliphatic carbocycles. The zero-order chi connectivity index (χ0) is 38.2. The molecule has 2 aliphatic rings. The molecule has 0 aromatic heterocycles. The van der Waals surface area contributed by atoms with Crippen molar-refractivity contribution in [1.82, 2.24) is 0 Å². The van der Waals surface area contributed by atoms with Crippen LogP contribution in [0.1, 0.15) is 22.3 Å². The summed E-state index contributed by atoms with van der Waals surface area (Å²) in [5.41, 5.74) is 18.1. The fraction of sp³-hybridized carbons (Fsp3) is 0.0175. The van der Waals surface area contributed by atoms with Gasteiger partial charge in [0.25, 0.3) is 0 Å². The fourth-order valence-corrected chi connectivity index (χ4v) is 10.3. The van der Waals surface area contributed by atoms with Gasteiger partial charge in [0, 0.05) is 16.9 Å². The molecule has 10 aromatic rings. The second kappa shape index (κ2) is 12.8. The smallest absolute Gasteiger partial charge is 0.0726 e. The van der Waals surface area contributed by atoms with Gasteiger partial charge in [-0.2, -0.15) is 0 Å². The van der Waals surface area contributed by atoms with Gasteiger partial charge >= 0.3 is 0 Å². The molecule has 0 saturated carbocycles. The summed E-state index contributed by atoms with van der Waals surface area (Å²) in [6, 6.07) is 83.3. The van der Waals surface area contributed by atoms with Gasteiger partial charge in [-0.3, -0.25) is 0 Å². The Bertz CT molecular complexity index is 3160. The van der Waals surface area contributed by atoms with Crippen molar-refractivity contribution in [3.63, 3.8) is 0 Å². The molecule has 270 valence electrons. The lowest BCUT2D eigenvalue weighted by atomic mass is 9.66. The van der Waals surface area contributed by atoms with Crippen LogP contribution in [-0.2, 0) is 5.41 Å². The van der Waals surface area contributed by atoms with Crippen LogP contribution in [0.4, 0.5) is 17.1 Å². The third-order valence-electron chi connectivity index (χ3n) is 12.7. The van der Waals surface area contributed by atoms with E-state index in [1.165, 1.54) is 88.3 Å². The van der Waals surface area contributed by atoms with Gasteiger partial charge in [0.05, 0.1) is 11.1 Å². The van der Waals surface area contributed by atoms with Gasteiger partial charge in [0.1, 0.15) is 0 Å². The van der Waals surface area contributed by atoms with Gasteiger partial charge < -0.3 is 4.90 Å². The summed E-state index contributed by atoms with van der Waals surface area (Å²) >= 11 is 0. The van der Waals surface area contributed by atoms with Crippen molar-refractivity contribution in [2.45, 2.75) is 5.41 Å². The zero-order valence-electron chi connectivity index (χ0n) is 31.8. The van der Waals surface area contributed by atoms with Gasteiger partial charge in [-0.15, -0.1) is 0 Å². The molecule has 58 heavy (non-hydrogen) atoms. The summed E-state index contributed by atoms with van der Waals surface area (Å²) in [5, 5.41) is 5.00. The molecule has 0 amide bonds. The highest BCUT2D eigenvalue weighted by molar-refractivity contribution is 6.09. The third kappa shape index (κ3) is 4.65. The molecule has 0 unspecified atom stereocenters. The van der Waals surface area contributed by atoms with Crippen molar-refractivity contribution in [2.75, 3.05) is 4.90 Å². The molecule has 1 nitrogen and oxygen atoms in total. The number of anilines is 3. The molecule has 1 heteroatoms. The maximum absolute atomic E-state index is 2.49. The summed E-state index contributed by atoms with van der Waals surface area (Å²) in [6.07, 6.45) is 0. The second-order valence-corrected chi connectivity index (χ2v) is 15.6. The van der Waals surface area contributed by atoms with E-state index in [0.717, 1.165) is 17.1 Å². The maximum atomic E-state index is 2.49. The Kier molecular flexibility index (Phi) is 7.21. The molecule has 0 atom stereocenters. The van der Waals surface area contributed by atoms with Crippen LogP contribution in [0.5, 0.6) is 0 Å². The van der Waals surface area contributed by atoms with E-state index in [-0.39, 0.29) is 0 Å². The number of fused-ring (bicyclic) bond motifs is 15. The topological polar surface area (TPSA) is 3.24 Å². The van der Waals surface area contributed by atoms with Crippen molar-refractivity contribution in [1.29, 1.82) is 0 Å². The van der Waals surface area contributed by atoms with E-state index in [9.17, 15) is 0 Å². The Morgan fingerprint density at radius 3 is 1.50 bits per heavy atom. The van der Waals surface area contributed by atoms with Gasteiger partial charge in [0.15, 0.2) is 0 Å². The van der Waals surface area contributed by atoms with Crippen LogP contribution < -0.4 is 4.90 Å². The van der Waals surface area contributed by atoms with Crippen LogP contribution in [0.25, 0.3) is 66.1 Å². The standard InChI is InChI=1S/C57H37N/c1-2-15-38(16-3-1)39-31-33-42(34-32-39)58(43-35-36-45-41(37-43)30-29-40-17-4-5-18-44(40)45)55-28-14-27-54-56(55)50-23-10-13-26-53(50)57(54)51-24-11-8-21-48(51)46-19-6-7-20-47(46)49-22-9-12-25-52(49)57/h1-37H. The highest BCUT2D eigenvalue weighted by atomic mass is 15.1. The summed E-state index contributed by atoms with van der Waals surface area (Å²) in [7, 11) is 0. The largest absolute Gasteiger partial charge is 0.310 e. The molecule has 0 saturated heterocycles. The monoisotopic (exact) mass is 735 g/mol. The zero-order valence-corrected chi connectivity index (χ0v) is 31.8. The van der Waals surface area contributed by atoms with Crippen LogP contribution in [0.3, 0.4) is 0 Å². The van der Waals surface area contributed by atoms with E-state index in [0.29, 0.717) is 0 Å². The Morgan fingerprint density at radius 2 is 0.793 bits per heavy atom. The van der Waals surface area contributed by atoms with E-state index in [4.69, 9.17) is 0 Å². The van der Waals surface area contributed by atoms with Crippen LogP contribution in [0, 0.1) is 0 Å². The number of benzene rings is 10. The average molecular weight is 736 g/mol. The van der Waals surface area contributed by atoms with E-state index in [2.05, 4.69) is 229 Å². The van der Waals surface area contributed by atoms with Crippen LogP contribution >= 0.6 is 0 Å². The highest BCUT2D eigenvalue weighted by Gasteiger charge is 2.50. The van der Waals surface area contributed by atoms with E-state index in [1.54, 1.807) is 0 Å². The molecule has 0 heterocycles. The lowest BCUT2D eigenvalue weighted by Crippen LogP contribution is -2.29. The molecular formula is C57H37N. The van der Waals surface area contributed by atoms with E-state index >= 15 is 0 Å².